The summed E-state index contributed by atoms with van der Waals surface area (Å²) in [4.78, 5) is 13.1. The van der Waals surface area contributed by atoms with Crippen molar-refractivity contribution in [2.24, 2.45) is 0 Å². The van der Waals surface area contributed by atoms with Gasteiger partial charge >= 0.3 is 12.1 Å². The number of rotatable bonds is 5. The van der Waals surface area contributed by atoms with Crippen LogP contribution < -0.4 is 4.74 Å². The molecular weight excluding hydrogens is 347 g/mol. The third-order valence-electron chi connectivity index (χ3n) is 4.33. The van der Waals surface area contributed by atoms with E-state index in [2.05, 4.69) is 0 Å². The lowest BCUT2D eigenvalue weighted by Crippen LogP contribution is -2.35. The quantitative estimate of drug-likeness (QED) is 0.845. The van der Waals surface area contributed by atoms with Crippen LogP contribution in [0.5, 0.6) is 11.5 Å². The first-order chi connectivity index (χ1) is 12.3. The predicted octanol–water partition coefficient (Wildman–Crippen LogP) is 4.55. The van der Waals surface area contributed by atoms with Crippen LogP contribution in [-0.4, -0.2) is 28.6 Å². The Hall–Kier alpha value is -2.54. The van der Waals surface area contributed by atoms with Crippen molar-refractivity contribution >= 4 is 5.97 Å². The van der Waals surface area contributed by atoms with Crippen LogP contribution in [0.3, 0.4) is 0 Å². The monoisotopic (exact) mass is 365 g/mol. The minimum Gasteiger partial charge on any atom is -0.480 e. The molecule has 2 aromatic rings. The zero-order valence-corrected chi connectivity index (χ0v) is 13.9. The summed E-state index contributed by atoms with van der Waals surface area (Å²) in [5.74, 6) is -0.326. The van der Waals surface area contributed by atoms with Crippen LogP contribution in [0.2, 0.25) is 0 Å². The molecule has 1 saturated heterocycles. The molecule has 1 fully saturated rings. The first kappa shape index (κ1) is 18.3. The molecule has 26 heavy (non-hydrogen) atoms. The van der Waals surface area contributed by atoms with Gasteiger partial charge in [-0.1, -0.05) is 18.2 Å². The maximum atomic E-state index is 12.8. The summed E-state index contributed by atoms with van der Waals surface area (Å²) in [5.41, 5.74) is 0.0788. The van der Waals surface area contributed by atoms with Gasteiger partial charge in [-0.15, -0.1) is 0 Å². The second-order valence-corrected chi connectivity index (χ2v) is 6.24. The van der Waals surface area contributed by atoms with Crippen LogP contribution in [0, 0.1) is 0 Å². The van der Waals surface area contributed by atoms with Gasteiger partial charge in [0.2, 0.25) is 0 Å². The summed E-state index contributed by atoms with van der Waals surface area (Å²) in [6, 6.07) is 11.2. The summed E-state index contributed by atoms with van der Waals surface area (Å²) in [6.45, 7) is 1.16. The van der Waals surface area contributed by atoms with Crippen LogP contribution in [0.25, 0.3) is 0 Å². The van der Waals surface area contributed by atoms with E-state index < -0.39 is 23.8 Å². The van der Waals surface area contributed by atoms with Gasteiger partial charge in [-0.05, 0) is 55.3 Å². The van der Waals surface area contributed by atoms with E-state index in [0.29, 0.717) is 25.3 Å². The molecule has 138 valence electrons. The van der Waals surface area contributed by atoms with Gasteiger partial charge in [0, 0.05) is 6.54 Å². The van der Waals surface area contributed by atoms with Crippen molar-refractivity contribution in [3.8, 4) is 11.5 Å². The number of carbonyl (C=O) groups is 1. The van der Waals surface area contributed by atoms with Crippen molar-refractivity contribution in [1.29, 1.82) is 0 Å². The molecule has 0 bridgehead atoms. The smallest absolute Gasteiger partial charge is 0.416 e. The number of carboxylic acid groups (broad SMARTS) is 1. The van der Waals surface area contributed by atoms with E-state index in [1.807, 2.05) is 11.0 Å². The Labute approximate surface area is 148 Å². The Morgan fingerprint density at radius 2 is 1.85 bits per heavy atom. The Morgan fingerprint density at radius 1 is 1.15 bits per heavy atom. The fourth-order valence-corrected chi connectivity index (χ4v) is 3.11. The number of ether oxygens (including phenoxy) is 1. The first-order valence-corrected chi connectivity index (χ1v) is 8.24. The number of alkyl halides is 3. The Kier molecular flexibility index (Phi) is 5.18. The molecule has 1 heterocycles. The summed E-state index contributed by atoms with van der Waals surface area (Å²) >= 11 is 0. The third-order valence-corrected chi connectivity index (χ3v) is 4.33. The predicted molar refractivity (Wildman–Crippen MR) is 89.0 cm³/mol. The molecule has 7 heteroatoms. The molecule has 1 aliphatic heterocycles. The maximum Gasteiger partial charge on any atom is 0.416 e. The van der Waals surface area contributed by atoms with Crippen molar-refractivity contribution in [3.05, 3.63) is 59.7 Å². The molecule has 0 amide bonds. The lowest BCUT2D eigenvalue weighted by Gasteiger charge is -2.21. The molecule has 1 N–H and O–H groups in total. The van der Waals surface area contributed by atoms with E-state index in [1.54, 1.807) is 18.2 Å². The summed E-state index contributed by atoms with van der Waals surface area (Å²) < 4.78 is 43.9. The lowest BCUT2D eigenvalue weighted by molar-refractivity contribution is -0.142. The van der Waals surface area contributed by atoms with Gasteiger partial charge in [0.1, 0.15) is 17.5 Å². The number of carboxylic acids is 1. The second kappa shape index (κ2) is 7.37. The van der Waals surface area contributed by atoms with Gasteiger partial charge in [-0.3, -0.25) is 9.69 Å². The zero-order valence-electron chi connectivity index (χ0n) is 13.9. The number of hydrogen-bond donors (Lipinski definition) is 1. The zero-order chi connectivity index (χ0) is 18.7. The summed E-state index contributed by atoms with van der Waals surface area (Å²) in [5, 5.41) is 9.24. The molecule has 4 nitrogen and oxygen atoms in total. The molecule has 1 aliphatic rings. The van der Waals surface area contributed by atoms with E-state index in [1.165, 1.54) is 12.1 Å². The van der Waals surface area contributed by atoms with Crippen molar-refractivity contribution < 1.29 is 27.8 Å². The number of aliphatic carboxylic acids is 1. The molecule has 1 atom stereocenters. The molecule has 0 unspecified atom stereocenters. The minimum atomic E-state index is -4.43. The highest BCUT2D eigenvalue weighted by Gasteiger charge is 2.31. The molecule has 0 aromatic heterocycles. The Morgan fingerprint density at radius 3 is 2.54 bits per heavy atom. The molecular formula is C19H18F3NO3. The number of nitrogens with zero attached hydrogens (tertiary/aromatic N) is 1. The van der Waals surface area contributed by atoms with Gasteiger partial charge in [0.05, 0.1) is 5.56 Å². The number of benzene rings is 2. The normalized spacial score (nSPS) is 18.0. The van der Waals surface area contributed by atoms with Crippen LogP contribution in [0.1, 0.15) is 24.0 Å². The Balaban J connectivity index is 1.73. The average molecular weight is 365 g/mol. The molecule has 3 rings (SSSR count). The molecule has 0 saturated carbocycles. The van der Waals surface area contributed by atoms with E-state index in [0.717, 1.165) is 24.1 Å². The fraction of sp³-hybridized carbons (Fsp3) is 0.316. The van der Waals surface area contributed by atoms with Gasteiger partial charge in [-0.2, -0.15) is 13.2 Å². The average Bonchev–Trinajstić information content (AvgIpc) is 3.03. The van der Waals surface area contributed by atoms with Gasteiger partial charge < -0.3 is 9.84 Å². The third kappa shape index (κ3) is 4.35. The van der Waals surface area contributed by atoms with Crippen LogP contribution in [0.4, 0.5) is 13.2 Å². The fourth-order valence-electron chi connectivity index (χ4n) is 3.11. The molecule has 0 aliphatic carbocycles. The molecule has 2 aromatic carbocycles. The van der Waals surface area contributed by atoms with Crippen LogP contribution in [-0.2, 0) is 17.5 Å². The van der Waals surface area contributed by atoms with E-state index in [9.17, 15) is 23.1 Å². The maximum absolute atomic E-state index is 12.8. The van der Waals surface area contributed by atoms with E-state index in [4.69, 9.17) is 4.74 Å². The number of likely N-dealkylation sites (tertiary alicyclic amines) is 1. The minimum absolute atomic E-state index is 0.0987. The summed E-state index contributed by atoms with van der Waals surface area (Å²) in [7, 11) is 0. The van der Waals surface area contributed by atoms with Crippen molar-refractivity contribution in [2.45, 2.75) is 31.6 Å². The van der Waals surface area contributed by atoms with Gasteiger partial charge in [-0.25, -0.2) is 0 Å². The standard InChI is InChI=1S/C19H18F3NO3/c20-19(21,22)14-5-2-7-16(11-14)26-15-6-1-4-13(10-15)12-23-9-3-8-17(23)18(24)25/h1-2,4-7,10-11,17H,3,8-9,12H2,(H,24,25)/t17-/m0/s1. The van der Waals surface area contributed by atoms with Gasteiger partial charge in [0.25, 0.3) is 0 Å². The molecule has 0 spiro atoms. The van der Waals surface area contributed by atoms with Crippen LogP contribution >= 0.6 is 0 Å². The van der Waals surface area contributed by atoms with E-state index in [-0.39, 0.29) is 5.75 Å². The summed E-state index contributed by atoms with van der Waals surface area (Å²) in [6.07, 6.45) is -2.98. The highest BCUT2D eigenvalue weighted by molar-refractivity contribution is 5.73. The van der Waals surface area contributed by atoms with Crippen molar-refractivity contribution in [3.63, 3.8) is 0 Å². The highest BCUT2D eigenvalue weighted by atomic mass is 19.4. The van der Waals surface area contributed by atoms with Crippen molar-refractivity contribution in [1.82, 2.24) is 4.90 Å². The largest absolute Gasteiger partial charge is 0.480 e. The second-order valence-electron chi connectivity index (χ2n) is 6.24. The van der Waals surface area contributed by atoms with Gasteiger partial charge in [0.15, 0.2) is 0 Å². The van der Waals surface area contributed by atoms with Crippen molar-refractivity contribution in [2.75, 3.05) is 6.54 Å². The van der Waals surface area contributed by atoms with Crippen LogP contribution in [0.15, 0.2) is 48.5 Å². The first-order valence-electron chi connectivity index (χ1n) is 8.24. The number of hydrogen-bond acceptors (Lipinski definition) is 3. The molecule has 0 radical (unpaired) electrons. The number of halogens is 3. The highest BCUT2D eigenvalue weighted by Crippen LogP contribution is 2.33. The van der Waals surface area contributed by atoms with E-state index >= 15 is 0 Å². The SMILES string of the molecule is O=C(O)[C@@H]1CCCN1Cc1cccc(Oc2cccc(C(F)(F)F)c2)c1. The lowest BCUT2D eigenvalue weighted by atomic mass is 10.1. The topological polar surface area (TPSA) is 49.8 Å². The Bertz CT molecular complexity index is 792.